The highest BCUT2D eigenvalue weighted by Crippen LogP contribution is 2.23. The fourth-order valence-electron chi connectivity index (χ4n) is 10.4. The first-order valence-electron chi connectivity index (χ1n) is 34.9. The molecule has 0 unspecified atom stereocenters. The van der Waals surface area contributed by atoms with E-state index in [0.717, 1.165) is 57.8 Å². The minimum absolute atomic E-state index is 0.0421. The van der Waals surface area contributed by atoms with Crippen molar-refractivity contribution in [2.24, 2.45) is 0 Å². The molecule has 3 amide bonds. The number of hydrogen-bond donors (Lipinski definition) is 6. The van der Waals surface area contributed by atoms with E-state index in [1.807, 2.05) is 0 Å². The van der Waals surface area contributed by atoms with E-state index in [2.05, 4.69) is 108 Å². The number of hydrogen-bond acceptors (Lipinski definition) is 9. The van der Waals surface area contributed by atoms with E-state index in [0.29, 0.717) is 87.0 Å². The lowest BCUT2D eigenvalue weighted by Crippen LogP contribution is -2.24. The van der Waals surface area contributed by atoms with Crippen molar-refractivity contribution in [1.29, 1.82) is 0 Å². The number of rotatable bonds is 45. The van der Waals surface area contributed by atoms with E-state index < -0.39 is 0 Å². The average molecular weight is 1260 g/mol. The fourth-order valence-corrected chi connectivity index (χ4v) is 10.4. The Balaban J connectivity index is 1.60. The van der Waals surface area contributed by atoms with Crippen LogP contribution in [0.4, 0.5) is 0 Å². The number of ether oxygens (including phenoxy) is 3. The first kappa shape index (κ1) is 77.4. The largest absolute Gasteiger partial charge is 0.490 e. The zero-order chi connectivity index (χ0) is 66.5. The molecule has 0 aliphatic heterocycles. The van der Waals surface area contributed by atoms with Gasteiger partial charge in [-0.2, -0.15) is 0 Å². The van der Waals surface area contributed by atoms with Crippen molar-refractivity contribution < 1.29 is 43.9 Å². The van der Waals surface area contributed by atoms with Crippen LogP contribution in [-0.4, -0.2) is 92.3 Å². The van der Waals surface area contributed by atoms with Crippen molar-refractivity contribution in [1.82, 2.24) is 16.0 Å². The molecule has 4 aromatic carbocycles. The molecule has 0 atom stereocenters. The molecule has 12 nitrogen and oxygen atoms in total. The number of aliphatic hydroxyl groups is 3. The Morgan fingerprint density at radius 1 is 0.312 bits per heavy atom. The second-order valence-electron chi connectivity index (χ2n) is 23.5. The van der Waals surface area contributed by atoms with Crippen molar-refractivity contribution in [2.45, 2.75) is 213 Å². The van der Waals surface area contributed by atoms with Gasteiger partial charge in [-0.25, -0.2) is 0 Å². The predicted octanol–water partition coefficient (Wildman–Crippen LogP) is 15.0. The van der Waals surface area contributed by atoms with Crippen LogP contribution >= 0.6 is 0 Å². The van der Waals surface area contributed by atoms with Gasteiger partial charge in [0, 0.05) is 53.0 Å². The molecule has 4 aromatic rings. The van der Waals surface area contributed by atoms with Gasteiger partial charge in [0.2, 0.25) is 0 Å². The molecule has 4 rings (SSSR count). The molecule has 0 spiro atoms. The number of amides is 3. The molecular weight excluding hydrogens is 1160 g/mol. The summed E-state index contributed by atoms with van der Waals surface area (Å²) >= 11 is 0. The van der Waals surface area contributed by atoms with Crippen molar-refractivity contribution in [3.63, 3.8) is 0 Å². The minimum atomic E-state index is -0.211. The maximum atomic E-state index is 13.3. The Morgan fingerprint density at radius 2 is 0.538 bits per heavy atom. The first-order chi connectivity index (χ1) is 45.7. The van der Waals surface area contributed by atoms with Crippen LogP contribution in [0, 0.1) is 71.0 Å². The first-order valence-corrected chi connectivity index (χ1v) is 34.9. The number of benzene rings is 4. The van der Waals surface area contributed by atoms with E-state index in [9.17, 15) is 29.7 Å². The molecule has 0 aliphatic rings. The van der Waals surface area contributed by atoms with Crippen LogP contribution in [0.1, 0.15) is 278 Å². The van der Waals surface area contributed by atoms with Gasteiger partial charge in [0.1, 0.15) is 37.1 Å². The van der Waals surface area contributed by atoms with Crippen LogP contribution in [0.2, 0.25) is 0 Å². The summed E-state index contributed by atoms with van der Waals surface area (Å²) in [5.41, 5.74) is 4.21. The van der Waals surface area contributed by atoms with Crippen LogP contribution in [0.15, 0.2) is 72.8 Å². The Kier molecular flexibility index (Phi) is 42.8. The minimum Gasteiger partial charge on any atom is -0.490 e. The van der Waals surface area contributed by atoms with Crippen LogP contribution in [0.3, 0.4) is 0 Å². The fraction of sp³-hybridized carbons (Fsp3) is 0.519. The molecule has 0 radical (unpaired) electrons. The maximum absolute atomic E-state index is 13.3. The van der Waals surface area contributed by atoms with Gasteiger partial charge in [-0.1, -0.05) is 212 Å². The molecule has 0 fully saturated rings. The van der Waals surface area contributed by atoms with E-state index in [1.165, 1.54) is 135 Å². The highest BCUT2D eigenvalue weighted by Gasteiger charge is 2.13. The van der Waals surface area contributed by atoms with Gasteiger partial charge in [-0.05, 0) is 145 Å². The van der Waals surface area contributed by atoms with Crippen LogP contribution in [0.25, 0.3) is 0 Å². The highest BCUT2D eigenvalue weighted by atomic mass is 16.5. The third-order valence-corrected chi connectivity index (χ3v) is 15.6. The molecule has 93 heavy (non-hydrogen) atoms. The van der Waals surface area contributed by atoms with Gasteiger partial charge in [0.05, 0.1) is 36.5 Å². The summed E-state index contributed by atoms with van der Waals surface area (Å²) in [6.07, 6.45) is 36.2. The average Bonchev–Trinajstić information content (AvgIpc) is 1.63. The summed E-state index contributed by atoms with van der Waals surface area (Å²) in [4.78, 5) is 39.9. The van der Waals surface area contributed by atoms with Gasteiger partial charge in [0.15, 0.2) is 0 Å². The molecule has 0 heterocycles. The van der Waals surface area contributed by atoms with Crippen LogP contribution in [-0.2, 0) is 0 Å². The molecule has 12 heteroatoms. The quantitative estimate of drug-likeness (QED) is 0.0186. The Hall–Kier alpha value is -8.07. The second kappa shape index (κ2) is 51.4. The molecular formula is C81H105N3O9. The Labute approximate surface area is 558 Å². The molecule has 0 bridgehead atoms. The van der Waals surface area contributed by atoms with Gasteiger partial charge in [-0.3, -0.25) is 14.4 Å². The van der Waals surface area contributed by atoms with Crippen molar-refractivity contribution in [3.05, 3.63) is 123 Å². The molecule has 6 N–H and O–H groups in total. The molecule has 0 aliphatic carbocycles. The topological polar surface area (TPSA) is 176 Å². The number of nitrogens with one attached hydrogen (secondary N) is 3. The Bertz CT molecular complexity index is 2890. The number of carbonyl (C=O) groups excluding carboxylic acids is 3. The van der Waals surface area contributed by atoms with Gasteiger partial charge >= 0.3 is 0 Å². The SMILES string of the molecule is CCCCCCCCCCCCNC(=O)c1ccc(OCCO)c(C#CC#Cc2cc(C#CC#Cc3cc(C(=O)NCCCCCCCCCCCC)ccc3OCCO)cc(C#CC#Cc3cc(C(=O)NCCCCCCCCCCCC)ccc3OCCO)c2)c1. The standard InChI is InChI=1S/C81H105N3O9/c1-4-7-10-13-16-19-22-25-28-37-52-82-79(88)73-46-49-76(91-58-55-85)70(64-73)43-34-31-40-67-61-68(41-32-35-44-71-65-74(47-50-77(71)92-59-56-86)80(89)83-53-38-29-26-23-20-17-14-11-8-5-2)63-69(62-67)42-33-36-45-72-66-75(48-51-78(72)93-60-57-87)81(90)84-54-39-30-27-24-21-18-15-12-9-6-3/h46-51,61-66,85-87H,4-30,37-39,52-60H2,1-3H3,(H,82,88)(H,83,89)(H,84,90). The summed E-state index contributed by atoms with van der Waals surface area (Å²) in [6.45, 7) is 7.94. The molecule has 0 saturated carbocycles. The van der Waals surface area contributed by atoms with E-state index >= 15 is 0 Å². The third-order valence-electron chi connectivity index (χ3n) is 15.6. The van der Waals surface area contributed by atoms with E-state index in [1.54, 1.807) is 72.8 Å². The van der Waals surface area contributed by atoms with Crippen molar-refractivity contribution in [2.75, 3.05) is 59.3 Å². The number of unbranched alkanes of at least 4 members (excludes halogenated alkanes) is 27. The van der Waals surface area contributed by atoms with Gasteiger partial charge < -0.3 is 45.5 Å². The molecule has 498 valence electrons. The second-order valence-corrected chi connectivity index (χ2v) is 23.5. The van der Waals surface area contributed by atoms with Crippen molar-refractivity contribution in [3.8, 4) is 88.3 Å². The molecule has 0 saturated heterocycles. The van der Waals surface area contributed by atoms with E-state index in [-0.39, 0.29) is 57.4 Å². The summed E-state index contributed by atoms with van der Waals surface area (Å²) in [5, 5.41) is 37.8. The van der Waals surface area contributed by atoms with Gasteiger partial charge in [0.25, 0.3) is 17.7 Å². The van der Waals surface area contributed by atoms with Crippen molar-refractivity contribution >= 4 is 17.7 Å². The van der Waals surface area contributed by atoms with Gasteiger partial charge in [-0.15, -0.1) is 0 Å². The zero-order valence-corrected chi connectivity index (χ0v) is 56.3. The monoisotopic (exact) mass is 1260 g/mol. The Morgan fingerprint density at radius 3 is 0.774 bits per heavy atom. The molecule has 0 aromatic heterocycles. The predicted molar refractivity (Wildman–Crippen MR) is 377 cm³/mol. The van der Waals surface area contributed by atoms with Crippen LogP contribution < -0.4 is 30.2 Å². The lowest BCUT2D eigenvalue weighted by Gasteiger charge is -2.10. The smallest absolute Gasteiger partial charge is 0.251 e. The summed E-state index contributed by atoms with van der Waals surface area (Å²) in [7, 11) is 0. The summed E-state index contributed by atoms with van der Waals surface area (Å²) in [5.74, 6) is 36.6. The lowest BCUT2D eigenvalue weighted by molar-refractivity contribution is 0.0944. The maximum Gasteiger partial charge on any atom is 0.251 e. The third kappa shape index (κ3) is 35.0. The number of aliphatic hydroxyl groups excluding tert-OH is 3. The van der Waals surface area contributed by atoms with Crippen LogP contribution in [0.5, 0.6) is 17.2 Å². The van der Waals surface area contributed by atoms with E-state index in [4.69, 9.17) is 14.2 Å². The highest BCUT2D eigenvalue weighted by molar-refractivity contribution is 5.96. The lowest BCUT2D eigenvalue weighted by atomic mass is 10.1. The summed E-state index contributed by atoms with van der Waals surface area (Å²) < 4.78 is 17.4. The summed E-state index contributed by atoms with van der Waals surface area (Å²) in [6, 6.07) is 20.4. The zero-order valence-electron chi connectivity index (χ0n) is 56.3. The number of carbonyl (C=O) groups is 3. The normalized spacial score (nSPS) is 10.3.